The number of anilines is 4. The SMILES string of the molecule is CCCC(=O)Nc1ccc(-c2ccnc(Nc3ccc(N4CCN(C(=O)[C@H](C)N)CC4)cc3)n2)cc1. The molecule has 0 radical (unpaired) electrons. The summed E-state index contributed by atoms with van der Waals surface area (Å²) in [5.74, 6) is 0.526. The van der Waals surface area contributed by atoms with Crippen molar-refractivity contribution >= 4 is 34.8 Å². The maximum Gasteiger partial charge on any atom is 0.239 e. The predicted molar refractivity (Wildman–Crippen MR) is 143 cm³/mol. The zero-order chi connectivity index (χ0) is 25.5. The second kappa shape index (κ2) is 11.6. The molecule has 1 aromatic heterocycles. The average molecular weight is 488 g/mol. The molecule has 4 rings (SSSR count). The minimum atomic E-state index is -0.458. The Hall–Kier alpha value is -3.98. The van der Waals surface area contributed by atoms with E-state index in [0.717, 1.165) is 47.8 Å². The number of hydrogen-bond acceptors (Lipinski definition) is 7. The Morgan fingerprint density at radius 3 is 2.28 bits per heavy atom. The van der Waals surface area contributed by atoms with Crippen LogP contribution in [0.2, 0.25) is 0 Å². The summed E-state index contributed by atoms with van der Waals surface area (Å²) in [6, 6.07) is 17.1. The Morgan fingerprint density at radius 1 is 0.972 bits per heavy atom. The summed E-state index contributed by atoms with van der Waals surface area (Å²) in [5, 5.41) is 6.16. The first kappa shape index (κ1) is 25.1. The van der Waals surface area contributed by atoms with E-state index in [9.17, 15) is 9.59 Å². The van der Waals surface area contributed by atoms with Gasteiger partial charge in [0.25, 0.3) is 0 Å². The van der Waals surface area contributed by atoms with Gasteiger partial charge in [-0.1, -0.05) is 19.1 Å². The molecule has 1 aliphatic heterocycles. The van der Waals surface area contributed by atoms with Crippen LogP contribution in [-0.2, 0) is 9.59 Å². The fourth-order valence-corrected chi connectivity index (χ4v) is 4.11. The van der Waals surface area contributed by atoms with Gasteiger partial charge in [-0.15, -0.1) is 0 Å². The lowest BCUT2D eigenvalue weighted by atomic mass is 10.1. The molecule has 1 saturated heterocycles. The molecule has 9 heteroatoms. The van der Waals surface area contributed by atoms with E-state index in [2.05, 4.69) is 37.6 Å². The van der Waals surface area contributed by atoms with Crippen molar-refractivity contribution in [2.24, 2.45) is 5.73 Å². The third-order valence-corrected chi connectivity index (χ3v) is 6.07. The summed E-state index contributed by atoms with van der Waals surface area (Å²) in [4.78, 5) is 37.0. The Kier molecular flexibility index (Phi) is 8.12. The summed E-state index contributed by atoms with van der Waals surface area (Å²) >= 11 is 0. The number of nitrogens with zero attached hydrogens (tertiary/aromatic N) is 4. The standard InChI is InChI=1S/C27H33N7O2/c1-3-4-25(35)30-21-7-5-20(6-8-21)24-13-14-29-27(32-24)31-22-9-11-23(12-10-22)33-15-17-34(18-16-33)26(36)19(2)28/h5-14,19H,3-4,15-18,28H2,1-2H3,(H,30,35)(H,29,31,32)/t19-/m0/s1. The quantitative estimate of drug-likeness (QED) is 0.444. The van der Waals surface area contributed by atoms with Crippen LogP contribution in [0.1, 0.15) is 26.7 Å². The number of carbonyl (C=O) groups excluding carboxylic acids is 2. The van der Waals surface area contributed by atoms with Crippen LogP contribution >= 0.6 is 0 Å². The van der Waals surface area contributed by atoms with Crippen LogP contribution in [0.15, 0.2) is 60.8 Å². The molecule has 4 N–H and O–H groups in total. The summed E-state index contributed by atoms with van der Waals surface area (Å²) in [5.41, 5.74) is 10.2. The van der Waals surface area contributed by atoms with Crippen LogP contribution in [0.5, 0.6) is 0 Å². The molecule has 0 spiro atoms. The Labute approximate surface area is 211 Å². The van der Waals surface area contributed by atoms with E-state index in [1.165, 1.54) is 0 Å². The number of piperazine rings is 1. The Balaban J connectivity index is 1.36. The Bertz CT molecular complexity index is 1170. The molecule has 2 amide bonds. The molecular weight excluding hydrogens is 454 g/mol. The zero-order valence-electron chi connectivity index (χ0n) is 20.8. The molecular formula is C27H33N7O2. The fraction of sp³-hybridized carbons (Fsp3) is 0.333. The highest BCUT2D eigenvalue weighted by atomic mass is 16.2. The molecule has 0 saturated carbocycles. The largest absolute Gasteiger partial charge is 0.368 e. The number of benzene rings is 2. The number of amides is 2. The van der Waals surface area contributed by atoms with Crippen LogP contribution in [-0.4, -0.2) is 58.9 Å². The minimum Gasteiger partial charge on any atom is -0.368 e. The van der Waals surface area contributed by atoms with Gasteiger partial charge in [0.05, 0.1) is 11.7 Å². The normalized spacial score (nSPS) is 14.3. The van der Waals surface area contributed by atoms with Crippen molar-refractivity contribution in [1.82, 2.24) is 14.9 Å². The molecule has 1 fully saturated rings. The van der Waals surface area contributed by atoms with Gasteiger partial charge in [0.1, 0.15) is 0 Å². The highest BCUT2D eigenvalue weighted by molar-refractivity contribution is 5.90. The number of aromatic nitrogens is 2. The first-order valence-corrected chi connectivity index (χ1v) is 12.3. The highest BCUT2D eigenvalue weighted by Crippen LogP contribution is 2.24. The second-order valence-corrected chi connectivity index (χ2v) is 8.91. The molecule has 1 atom stereocenters. The summed E-state index contributed by atoms with van der Waals surface area (Å²) in [6.07, 6.45) is 3.05. The van der Waals surface area contributed by atoms with Crippen molar-refractivity contribution in [2.45, 2.75) is 32.7 Å². The Morgan fingerprint density at radius 2 is 1.64 bits per heavy atom. The van der Waals surface area contributed by atoms with E-state index in [0.29, 0.717) is 25.5 Å². The van der Waals surface area contributed by atoms with Crippen molar-refractivity contribution in [3.05, 3.63) is 60.8 Å². The molecule has 3 aromatic rings. The molecule has 188 valence electrons. The van der Waals surface area contributed by atoms with Gasteiger partial charge in [-0.25, -0.2) is 9.97 Å². The third kappa shape index (κ3) is 6.37. The van der Waals surface area contributed by atoms with Gasteiger partial charge in [-0.3, -0.25) is 9.59 Å². The fourth-order valence-electron chi connectivity index (χ4n) is 4.11. The molecule has 36 heavy (non-hydrogen) atoms. The lowest BCUT2D eigenvalue weighted by Crippen LogP contribution is -2.52. The van der Waals surface area contributed by atoms with Gasteiger partial charge in [-0.05, 0) is 55.8 Å². The molecule has 9 nitrogen and oxygen atoms in total. The maximum atomic E-state index is 12.1. The highest BCUT2D eigenvalue weighted by Gasteiger charge is 2.23. The number of nitrogens with two attached hydrogens (primary N) is 1. The molecule has 0 aliphatic carbocycles. The monoisotopic (exact) mass is 487 g/mol. The van der Waals surface area contributed by atoms with Gasteiger partial charge < -0.3 is 26.2 Å². The molecule has 2 aromatic carbocycles. The summed E-state index contributed by atoms with van der Waals surface area (Å²) < 4.78 is 0. The second-order valence-electron chi connectivity index (χ2n) is 8.91. The smallest absolute Gasteiger partial charge is 0.239 e. The van der Waals surface area contributed by atoms with E-state index in [1.54, 1.807) is 13.1 Å². The van der Waals surface area contributed by atoms with Crippen molar-refractivity contribution in [2.75, 3.05) is 41.7 Å². The van der Waals surface area contributed by atoms with Gasteiger partial charge in [0.15, 0.2) is 0 Å². The lowest BCUT2D eigenvalue weighted by molar-refractivity contribution is -0.132. The van der Waals surface area contributed by atoms with E-state index in [-0.39, 0.29) is 11.8 Å². The van der Waals surface area contributed by atoms with E-state index in [1.807, 2.05) is 54.3 Å². The van der Waals surface area contributed by atoms with Gasteiger partial charge in [-0.2, -0.15) is 0 Å². The van der Waals surface area contributed by atoms with Crippen LogP contribution in [0.4, 0.5) is 23.0 Å². The van der Waals surface area contributed by atoms with Gasteiger partial charge in [0, 0.05) is 61.4 Å². The predicted octanol–water partition coefficient (Wildman–Crippen LogP) is 3.62. The van der Waals surface area contributed by atoms with Gasteiger partial charge in [0.2, 0.25) is 17.8 Å². The van der Waals surface area contributed by atoms with E-state index in [4.69, 9.17) is 5.73 Å². The summed E-state index contributed by atoms with van der Waals surface area (Å²) in [7, 11) is 0. The van der Waals surface area contributed by atoms with Crippen LogP contribution < -0.4 is 21.3 Å². The molecule has 1 aliphatic rings. The summed E-state index contributed by atoms with van der Waals surface area (Å²) in [6.45, 7) is 6.61. The minimum absolute atomic E-state index is 0.00566. The van der Waals surface area contributed by atoms with Crippen molar-refractivity contribution in [3.8, 4) is 11.3 Å². The molecule has 0 unspecified atom stereocenters. The first-order chi connectivity index (χ1) is 17.4. The number of nitrogens with one attached hydrogen (secondary N) is 2. The number of rotatable bonds is 8. The van der Waals surface area contributed by atoms with Gasteiger partial charge >= 0.3 is 0 Å². The lowest BCUT2D eigenvalue weighted by Gasteiger charge is -2.36. The molecule has 2 heterocycles. The van der Waals surface area contributed by atoms with Crippen molar-refractivity contribution in [3.63, 3.8) is 0 Å². The van der Waals surface area contributed by atoms with Crippen LogP contribution in [0, 0.1) is 0 Å². The maximum absolute atomic E-state index is 12.1. The number of carbonyl (C=O) groups is 2. The average Bonchev–Trinajstić information content (AvgIpc) is 2.89. The van der Waals surface area contributed by atoms with E-state index < -0.39 is 6.04 Å². The van der Waals surface area contributed by atoms with Crippen molar-refractivity contribution < 1.29 is 9.59 Å². The van der Waals surface area contributed by atoms with Crippen molar-refractivity contribution in [1.29, 1.82) is 0 Å². The number of hydrogen-bond donors (Lipinski definition) is 3. The van der Waals surface area contributed by atoms with Crippen LogP contribution in [0.25, 0.3) is 11.3 Å². The molecule has 0 bridgehead atoms. The topological polar surface area (TPSA) is 116 Å². The van der Waals surface area contributed by atoms with E-state index >= 15 is 0 Å². The first-order valence-electron chi connectivity index (χ1n) is 12.3. The third-order valence-electron chi connectivity index (χ3n) is 6.07. The zero-order valence-corrected chi connectivity index (χ0v) is 20.8. The van der Waals surface area contributed by atoms with Crippen LogP contribution in [0.3, 0.4) is 0 Å².